The van der Waals surface area contributed by atoms with E-state index in [2.05, 4.69) is 6.92 Å². The van der Waals surface area contributed by atoms with E-state index in [1.807, 2.05) is 12.1 Å². The number of methoxy groups -OCH3 is 1. The predicted molar refractivity (Wildman–Crippen MR) is 110 cm³/mol. The lowest BCUT2D eigenvalue weighted by molar-refractivity contribution is -0.138. The average Bonchev–Trinajstić information content (AvgIpc) is 2.77. The molecule has 0 unspecified atom stereocenters. The molecule has 2 aromatic rings. The molecule has 7 nitrogen and oxygen atoms in total. The summed E-state index contributed by atoms with van der Waals surface area (Å²) in [4.78, 5) is 23.9. The molecule has 0 bridgehead atoms. The van der Waals surface area contributed by atoms with E-state index in [0.29, 0.717) is 11.3 Å². The zero-order valence-corrected chi connectivity index (χ0v) is 17.1. The molecule has 0 amide bonds. The summed E-state index contributed by atoms with van der Waals surface area (Å²) < 4.78 is 20.8. The van der Waals surface area contributed by atoms with Crippen LogP contribution in [0, 0.1) is 11.3 Å². The number of nitrogens with zero attached hydrogens (tertiary/aromatic N) is 1. The van der Waals surface area contributed by atoms with Crippen LogP contribution < -0.4 is 14.2 Å². The number of carbonyl (C=O) groups is 2. The lowest BCUT2D eigenvalue weighted by Gasteiger charge is -2.11. The lowest BCUT2D eigenvalue weighted by Crippen LogP contribution is -2.18. The molecule has 0 saturated heterocycles. The van der Waals surface area contributed by atoms with Crippen LogP contribution in [-0.2, 0) is 20.7 Å². The van der Waals surface area contributed by atoms with Gasteiger partial charge in [0, 0.05) is 0 Å². The summed E-state index contributed by atoms with van der Waals surface area (Å²) in [7, 11) is 1.42. The summed E-state index contributed by atoms with van der Waals surface area (Å²) in [5, 5.41) is 9.13. The third-order valence-corrected chi connectivity index (χ3v) is 4.03. The summed E-state index contributed by atoms with van der Waals surface area (Å²) in [6.07, 6.45) is 2.29. The summed E-state index contributed by atoms with van der Waals surface area (Å²) >= 11 is 0. The van der Waals surface area contributed by atoms with E-state index in [0.717, 1.165) is 6.42 Å². The molecule has 0 radical (unpaired) electrons. The molecule has 0 fully saturated rings. The first-order chi connectivity index (χ1) is 14.5. The van der Waals surface area contributed by atoms with E-state index in [9.17, 15) is 9.59 Å². The van der Waals surface area contributed by atoms with Gasteiger partial charge >= 0.3 is 11.9 Å². The van der Waals surface area contributed by atoms with Gasteiger partial charge in [0.15, 0.2) is 18.1 Å². The Balaban J connectivity index is 2.05. The summed E-state index contributed by atoms with van der Waals surface area (Å²) in [6.45, 7) is 3.61. The molecular formula is C23H23NO6. The molecule has 0 aromatic heterocycles. The van der Waals surface area contributed by atoms with Crippen molar-refractivity contribution in [2.75, 3.05) is 20.3 Å². The van der Waals surface area contributed by atoms with Crippen LogP contribution in [0.15, 0.2) is 48.0 Å². The zero-order chi connectivity index (χ0) is 21.9. The van der Waals surface area contributed by atoms with Crippen LogP contribution in [0.4, 0.5) is 0 Å². The van der Waals surface area contributed by atoms with Crippen molar-refractivity contribution in [2.24, 2.45) is 0 Å². The van der Waals surface area contributed by atoms with Gasteiger partial charge in [0.2, 0.25) is 0 Å². The van der Waals surface area contributed by atoms with Gasteiger partial charge in [-0.25, -0.2) is 9.59 Å². The first-order valence-electron chi connectivity index (χ1n) is 9.40. The number of ether oxygens (including phenoxy) is 4. The van der Waals surface area contributed by atoms with E-state index in [1.54, 1.807) is 37.3 Å². The van der Waals surface area contributed by atoms with Crippen LogP contribution in [0.5, 0.6) is 17.2 Å². The normalized spacial score (nSPS) is 10.7. The van der Waals surface area contributed by atoms with Crippen LogP contribution in [0.25, 0.3) is 6.08 Å². The molecule has 156 valence electrons. The second-order valence-electron chi connectivity index (χ2n) is 6.06. The van der Waals surface area contributed by atoms with Crippen molar-refractivity contribution >= 4 is 18.0 Å². The Morgan fingerprint density at radius 3 is 2.40 bits per heavy atom. The van der Waals surface area contributed by atoms with Crippen molar-refractivity contribution < 1.29 is 28.5 Å². The van der Waals surface area contributed by atoms with Crippen molar-refractivity contribution in [1.82, 2.24) is 0 Å². The summed E-state index contributed by atoms with van der Waals surface area (Å²) in [5.41, 5.74) is 1.54. The maximum Gasteiger partial charge on any atom is 0.349 e. The fourth-order valence-electron chi connectivity index (χ4n) is 2.49. The van der Waals surface area contributed by atoms with Crippen LogP contribution in [0.3, 0.4) is 0 Å². The average molecular weight is 409 g/mol. The number of hydrogen-bond donors (Lipinski definition) is 0. The highest BCUT2D eigenvalue weighted by Gasteiger charge is 2.14. The molecular weight excluding hydrogens is 386 g/mol. The van der Waals surface area contributed by atoms with Crippen molar-refractivity contribution in [3.63, 3.8) is 0 Å². The van der Waals surface area contributed by atoms with Gasteiger partial charge in [0.1, 0.15) is 17.4 Å². The number of nitriles is 1. The molecule has 0 heterocycles. The number of rotatable bonds is 9. The molecule has 0 N–H and O–H groups in total. The van der Waals surface area contributed by atoms with Gasteiger partial charge in [-0.1, -0.05) is 25.1 Å². The summed E-state index contributed by atoms with van der Waals surface area (Å²) in [6, 6.07) is 13.9. The standard InChI is InChI=1S/C23H23NO6/c1-4-16-6-9-19(10-7-16)29-15-22(25)30-20-11-8-17(13-21(20)27-3)12-18(14-24)23(26)28-5-2/h6-13H,4-5,15H2,1-3H3/b18-12+. The Kier molecular flexibility index (Phi) is 8.45. The molecule has 0 saturated carbocycles. The number of benzene rings is 2. The maximum absolute atomic E-state index is 12.1. The SMILES string of the molecule is CCOC(=O)/C(C#N)=C/c1ccc(OC(=O)COc2ccc(CC)cc2)c(OC)c1. The second-order valence-corrected chi connectivity index (χ2v) is 6.06. The van der Waals surface area contributed by atoms with Crippen LogP contribution >= 0.6 is 0 Å². The Morgan fingerprint density at radius 2 is 1.80 bits per heavy atom. The highest BCUT2D eigenvalue weighted by Crippen LogP contribution is 2.29. The van der Waals surface area contributed by atoms with Crippen molar-refractivity contribution in [3.8, 4) is 23.3 Å². The Bertz CT molecular complexity index is 957. The Hall–Kier alpha value is -3.79. The molecule has 0 atom stereocenters. The molecule has 2 aromatic carbocycles. The fraction of sp³-hybridized carbons (Fsp3) is 0.261. The third kappa shape index (κ3) is 6.38. The minimum absolute atomic E-state index is 0.147. The number of esters is 2. The summed E-state index contributed by atoms with van der Waals surface area (Å²) in [5.74, 6) is -0.275. The number of carbonyl (C=O) groups excluding carboxylic acids is 2. The van der Waals surface area contributed by atoms with Gasteiger partial charge in [0.25, 0.3) is 0 Å². The van der Waals surface area contributed by atoms with Crippen LogP contribution in [0.1, 0.15) is 25.0 Å². The van der Waals surface area contributed by atoms with Crippen molar-refractivity contribution in [2.45, 2.75) is 20.3 Å². The van der Waals surface area contributed by atoms with Gasteiger partial charge in [-0.15, -0.1) is 0 Å². The van der Waals surface area contributed by atoms with Gasteiger partial charge in [-0.2, -0.15) is 5.26 Å². The zero-order valence-electron chi connectivity index (χ0n) is 17.1. The second kappa shape index (κ2) is 11.3. The topological polar surface area (TPSA) is 94.9 Å². The molecule has 30 heavy (non-hydrogen) atoms. The molecule has 2 rings (SSSR count). The number of hydrogen-bond acceptors (Lipinski definition) is 7. The molecule has 0 aliphatic heterocycles. The van der Waals surface area contributed by atoms with Gasteiger partial charge < -0.3 is 18.9 Å². The minimum Gasteiger partial charge on any atom is -0.493 e. The molecule has 0 aliphatic rings. The fourth-order valence-corrected chi connectivity index (χ4v) is 2.49. The van der Waals surface area contributed by atoms with Crippen molar-refractivity contribution in [1.29, 1.82) is 5.26 Å². The largest absolute Gasteiger partial charge is 0.493 e. The number of aryl methyl sites for hydroxylation is 1. The van der Waals surface area contributed by atoms with E-state index in [1.165, 1.54) is 24.8 Å². The van der Waals surface area contributed by atoms with Crippen LogP contribution in [-0.4, -0.2) is 32.3 Å². The van der Waals surface area contributed by atoms with E-state index in [-0.39, 0.29) is 30.3 Å². The van der Waals surface area contributed by atoms with Crippen LogP contribution in [0.2, 0.25) is 0 Å². The molecule has 0 spiro atoms. The van der Waals surface area contributed by atoms with Gasteiger partial charge in [-0.3, -0.25) is 0 Å². The first kappa shape index (κ1) is 22.5. The van der Waals surface area contributed by atoms with Crippen molar-refractivity contribution in [3.05, 3.63) is 59.2 Å². The minimum atomic E-state index is -0.710. The highest BCUT2D eigenvalue weighted by molar-refractivity contribution is 5.98. The Labute approximate surface area is 175 Å². The van der Waals surface area contributed by atoms with E-state index < -0.39 is 11.9 Å². The molecule has 0 aliphatic carbocycles. The van der Waals surface area contributed by atoms with Gasteiger partial charge in [0.05, 0.1) is 13.7 Å². The third-order valence-electron chi connectivity index (χ3n) is 4.03. The molecule has 7 heteroatoms. The highest BCUT2D eigenvalue weighted by atomic mass is 16.6. The predicted octanol–water partition coefficient (Wildman–Crippen LogP) is 3.71. The van der Waals surface area contributed by atoms with E-state index >= 15 is 0 Å². The monoisotopic (exact) mass is 409 g/mol. The Morgan fingerprint density at radius 1 is 1.07 bits per heavy atom. The first-order valence-corrected chi connectivity index (χ1v) is 9.40. The maximum atomic E-state index is 12.1. The van der Waals surface area contributed by atoms with Gasteiger partial charge in [-0.05, 0) is 54.8 Å². The smallest absolute Gasteiger partial charge is 0.349 e. The lowest BCUT2D eigenvalue weighted by atomic mass is 10.1. The van der Waals surface area contributed by atoms with E-state index in [4.69, 9.17) is 24.2 Å². The quantitative estimate of drug-likeness (QED) is 0.270.